The first-order valence-electron chi connectivity index (χ1n) is 11.8. The maximum Gasteiger partial charge on any atom is 0.328 e. The molecule has 0 aliphatic heterocycles. The predicted molar refractivity (Wildman–Crippen MR) is 146 cm³/mol. The number of rotatable bonds is 10. The van der Waals surface area contributed by atoms with Crippen LogP contribution in [0.25, 0.3) is 0 Å². The van der Waals surface area contributed by atoms with Crippen molar-refractivity contribution in [3.8, 4) is 0 Å². The van der Waals surface area contributed by atoms with E-state index in [1.165, 1.54) is 17.1 Å². The number of hydrogen-bond acceptors (Lipinski definition) is 10. The summed E-state index contributed by atoms with van der Waals surface area (Å²) in [6.07, 6.45) is 2.95. The van der Waals surface area contributed by atoms with Gasteiger partial charge in [-0.15, -0.1) is 5.10 Å². The molecule has 11 nitrogen and oxygen atoms in total. The van der Waals surface area contributed by atoms with Crippen molar-refractivity contribution in [2.45, 2.75) is 38.4 Å². The number of ether oxygens (including phenoxy) is 1. The average molecular weight is 590 g/mol. The number of allylic oxidation sites excluding steroid dienone is 2. The van der Waals surface area contributed by atoms with E-state index in [2.05, 4.69) is 31.1 Å². The van der Waals surface area contributed by atoms with Crippen molar-refractivity contribution in [3.63, 3.8) is 0 Å². The van der Waals surface area contributed by atoms with Gasteiger partial charge in [0, 0.05) is 37.2 Å². The molecule has 39 heavy (non-hydrogen) atoms. The van der Waals surface area contributed by atoms with Gasteiger partial charge in [-0.2, -0.15) is 0 Å². The van der Waals surface area contributed by atoms with Crippen LogP contribution in [0.4, 0.5) is 5.69 Å². The minimum atomic E-state index is -0.817. The van der Waals surface area contributed by atoms with E-state index >= 15 is 0 Å². The second kappa shape index (κ2) is 11.7. The topological polar surface area (TPSA) is 141 Å². The second-order valence-corrected chi connectivity index (χ2v) is 10.9. The average Bonchev–Trinajstić information content (AvgIpc) is 3.30. The van der Waals surface area contributed by atoms with Crippen LogP contribution < -0.4 is 10.6 Å². The van der Waals surface area contributed by atoms with Crippen molar-refractivity contribution >= 4 is 58.3 Å². The van der Waals surface area contributed by atoms with Crippen LogP contribution in [-0.2, 0) is 27.8 Å². The van der Waals surface area contributed by atoms with Crippen LogP contribution in [0.15, 0.2) is 52.4 Å². The fourth-order valence-corrected chi connectivity index (χ4v) is 5.60. The number of benzene rings is 1. The molecule has 1 aliphatic rings. The van der Waals surface area contributed by atoms with Crippen LogP contribution in [-0.4, -0.2) is 55.5 Å². The van der Waals surface area contributed by atoms with Gasteiger partial charge >= 0.3 is 5.97 Å². The summed E-state index contributed by atoms with van der Waals surface area (Å²) >= 11 is 13.3. The van der Waals surface area contributed by atoms with E-state index in [4.69, 9.17) is 27.9 Å². The van der Waals surface area contributed by atoms with E-state index < -0.39 is 23.3 Å². The van der Waals surface area contributed by atoms with Crippen LogP contribution in [0.5, 0.6) is 0 Å². The fourth-order valence-electron chi connectivity index (χ4n) is 3.87. The number of tetrazole rings is 1. The number of carbonyl (C=O) groups is 3. The summed E-state index contributed by atoms with van der Waals surface area (Å²) in [5.41, 5.74) is 1.24. The largest absolute Gasteiger partial charge is 0.464 e. The van der Waals surface area contributed by atoms with E-state index in [1.54, 1.807) is 52.1 Å². The Bertz CT molecular complexity index is 1440. The van der Waals surface area contributed by atoms with Crippen molar-refractivity contribution in [2.75, 3.05) is 11.9 Å². The van der Waals surface area contributed by atoms with Crippen LogP contribution in [0.3, 0.4) is 0 Å². The maximum atomic E-state index is 12.9. The number of anilines is 1. The Labute approximate surface area is 238 Å². The highest BCUT2D eigenvalue weighted by Gasteiger charge is 2.48. The van der Waals surface area contributed by atoms with E-state index in [-0.39, 0.29) is 34.4 Å². The highest BCUT2D eigenvalue weighted by atomic mass is 35.5. The van der Waals surface area contributed by atoms with Gasteiger partial charge in [-0.05, 0) is 60.7 Å². The van der Waals surface area contributed by atoms with Gasteiger partial charge in [-0.3, -0.25) is 14.6 Å². The summed E-state index contributed by atoms with van der Waals surface area (Å²) in [4.78, 5) is 42.7. The lowest BCUT2D eigenvalue weighted by Gasteiger charge is -2.40. The monoisotopic (exact) mass is 589 g/mol. The molecule has 0 spiro atoms. The SMILES string of the molecule is CCOC(=O)C(Cc1ccc(NC(=O)c2c(Cl)cncc2Cl)cc1)NC1=C(Sc2nnnn2C)C(=O)C1(C)C. The predicted octanol–water partition coefficient (Wildman–Crippen LogP) is 3.84. The lowest BCUT2D eigenvalue weighted by atomic mass is 9.74. The third kappa shape index (κ3) is 6.07. The number of halogens is 2. The van der Waals surface area contributed by atoms with E-state index in [9.17, 15) is 14.4 Å². The van der Waals surface area contributed by atoms with Gasteiger partial charge in [0.15, 0.2) is 5.78 Å². The highest BCUT2D eigenvalue weighted by Crippen LogP contribution is 2.47. The van der Waals surface area contributed by atoms with Crippen LogP contribution in [0.1, 0.15) is 36.7 Å². The van der Waals surface area contributed by atoms with Gasteiger partial charge in [0.2, 0.25) is 5.16 Å². The van der Waals surface area contributed by atoms with Crippen LogP contribution >= 0.6 is 35.0 Å². The van der Waals surface area contributed by atoms with E-state index in [1.807, 2.05) is 0 Å². The van der Waals surface area contributed by atoms with Gasteiger partial charge in [0.1, 0.15) is 6.04 Å². The molecule has 1 unspecified atom stereocenters. The number of nitrogens with zero attached hydrogens (tertiary/aromatic N) is 5. The number of hydrogen-bond donors (Lipinski definition) is 2. The molecule has 2 aromatic heterocycles. The number of amides is 1. The summed E-state index contributed by atoms with van der Waals surface area (Å²) in [5, 5.41) is 18.1. The molecule has 2 heterocycles. The number of carbonyl (C=O) groups excluding carboxylic acids is 3. The number of ketones is 1. The molecule has 4 rings (SSSR count). The summed E-state index contributed by atoms with van der Waals surface area (Å²) in [6.45, 7) is 5.51. The molecular weight excluding hydrogens is 565 g/mol. The molecule has 14 heteroatoms. The second-order valence-electron chi connectivity index (χ2n) is 9.13. The Morgan fingerprint density at radius 2 is 1.82 bits per heavy atom. The zero-order valence-corrected chi connectivity index (χ0v) is 23.8. The van der Waals surface area contributed by atoms with Crippen LogP contribution in [0.2, 0.25) is 10.0 Å². The molecule has 1 amide bonds. The summed E-state index contributed by atoms with van der Waals surface area (Å²) in [6, 6.07) is 6.21. The Hall–Kier alpha value is -3.48. The standard InChI is InChI=1S/C25H25Cl2N7O4S/c1-5-38-23(37)17(30-20-19(21(35)25(20,2)3)39-24-31-32-33-34(24)4)10-13-6-8-14(9-7-13)29-22(36)18-15(26)11-28-12-16(18)27/h6-9,11-12,17,30H,5,10H2,1-4H3,(H,29,36). The molecule has 3 aromatic rings. The van der Waals surface area contributed by atoms with E-state index in [0.717, 1.165) is 17.3 Å². The molecule has 0 saturated heterocycles. The summed E-state index contributed by atoms with van der Waals surface area (Å²) in [7, 11) is 1.68. The number of aryl methyl sites for hydroxylation is 1. The Kier molecular flexibility index (Phi) is 8.57. The smallest absolute Gasteiger partial charge is 0.328 e. The number of esters is 1. The van der Waals surface area contributed by atoms with Crippen molar-refractivity contribution in [1.29, 1.82) is 0 Å². The molecule has 1 aliphatic carbocycles. The lowest BCUT2D eigenvalue weighted by Crippen LogP contribution is -2.51. The molecule has 0 fully saturated rings. The Morgan fingerprint density at radius 1 is 1.15 bits per heavy atom. The van der Waals surface area contributed by atoms with Gasteiger partial charge in [0.05, 0.1) is 32.5 Å². The van der Waals surface area contributed by atoms with Gasteiger partial charge in [0.25, 0.3) is 5.91 Å². The normalized spacial score (nSPS) is 15.0. The first-order valence-corrected chi connectivity index (χ1v) is 13.4. The molecule has 0 radical (unpaired) electrons. The molecule has 0 saturated carbocycles. The number of aromatic nitrogens is 5. The molecule has 1 aromatic carbocycles. The summed E-state index contributed by atoms with van der Waals surface area (Å²) in [5.74, 6) is -1.00. The molecular formula is C25H25Cl2N7O4S. The molecule has 204 valence electrons. The van der Waals surface area contributed by atoms with Gasteiger partial charge < -0.3 is 15.4 Å². The number of pyridine rings is 1. The quantitative estimate of drug-likeness (QED) is 0.335. The Morgan fingerprint density at radius 3 is 2.41 bits per heavy atom. The molecule has 0 bridgehead atoms. The van der Waals surface area contributed by atoms with Gasteiger partial charge in [-0.25, -0.2) is 9.48 Å². The fraction of sp³-hybridized carbons (Fsp3) is 0.320. The zero-order chi connectivity index (χ0) is 28.3. The third-order valence-electron chi connectivity index (χ3n) is 6.02. The van der Waals surface area contributed by atoms with Crippen LogP contribution in [0, 0.1) is 5.41 Å². The first-order chi connectivity index (χ1) is 18.5. The maximum absolute atomic E-state index is 12.9. The minimum Gasteiger partial charge on any atom is -0.464 e. The van der Waals surface area contributed by atoms with Crippen molar-refractivity contribution in [2.24, 2.45) is 12.5 Å². The number of Topliss-reactive ketones (excluding diaryl/α,β-unsaturated/α-hetero) is 1. The highest BCUT2D eigenvalue weighted by molar-refractivity contribution is 8.04. The van der Waals surface area contributed by atoms with Gasteiger partial charge in [-0.1, -0.05) is 35.3 Å². The van der Waals surface area contributed by atoms with E-state index in [0.29, 0.717) is 21.4 Å². The first kappa shape index (κ1) is 28.5. The number of nitrogens with one attached hydrogen (secondary N) is 2. The summed E-state index contributed by atoms with van der Waals surface area (Å²) < 4.78 is 6.78. The zero-order valence-electron chi connectivity index (χ0n) is 21.5. The minimum absolute atomic E-state index is 0.0740. The Balaban J connectivity index is 1.52. The van der Waals surface area contributed by atoms with Crippen molar-refractivity contribution in [3.05, 3.63) is 68.4 Å². The number of thioether (sulfide) groups is 1. The third-order valence-corrected chi connectivity index (χ3v) is 7.72. The molecule has 1 atom stereocenters. The van der Waals surface area contributed by atoms with Crippen molar-refractivity contribution in [1.82, 2.24) is 30.5 Å². The van der Waals surface area contributed by atoms with Crippen molar-refractivity contribution < 1.29 is 19.1 Å². The molecule has 2 N–H and O–H groups in total. The lowest BCUT2D eigenvalue weighted by molar-refractivity contribution is -0.145.